The number of ether oxygens (including phenoxy) is 2. The van der Waals surface area contributed by atoms with Gasteiger partial charge < -0.3 is 19.7 Å². The predicted molar refractivity (Wildman–Crippen MR) is 103 cm³/mol. The Morgan fingerprint density at radius 1 is 1.00 bits per heavy atom. The monoisotopic (exact) mass is 368 g/mol. The van der Waals surface area contributed by atoms with Crippen molar-refractivity contribution in [1.82, 2.24) is 4.90 Å². The molecule has 6 nitrogen and oxygen atoms in total. The van der Waals surface area contributed by atoms with Gasteiger partial charge in [-0.15, -0.1) is 0 Å². The maximum atomic E-state index is 12.9. The Morgan fingerprint density at radius 2 is 1.67 bits per heavy atom. The Morgan fingerprint density at radius 3 is 2.30 bits per heavy atom. The zero-order valence-corrected chi connectivity index (χ0v) is 15.6. The maximum Gasteiger partial charge on any atom is 0.255 e. The minimum Gasteiger partial charge on any atom is -0.497 e. The Hall–Kier alpha value is -2.86. The second kappa shape index (κ2) is 8.68. The summed E-state index contributed by atoms with van der Waals surface area (Å²) in [5, 5.41) is 2.85. The molecule has 3 rings (SSSR count). The van der Waals surface area contributed by atoms with Crippen molar-refractivity contribution < 1.29 is 19.1 Å². The molecule has 0 saturated carbocycles. The summed E-state index contributed by atoms with van der Waals surface area (Å²) in [6, 6.07) is 13.9. The molecule has 2 amide bonds. The van der Waals surface area contributed by atoms with Crippen LogP contribution < -0.4 is 10.1 Å². The summed E-state index contributed by atoms with van der Waals surface area (Å²) in [4.78, 5) is 27.3. The first kappa shape index (κ1) is 18.9. The quantitative estimate of drug-likeness (QED) is 0.880. The van der Waals surface area contributed by atoms with Gasteiger partial charge in [0.15, 0.2) is 0 Å². The lowest BCUT2D eigenvalue weighted by molar-refractivity contribution is 0.0351. The summed E-state index contributed by atoms with van der Waals surface area (Å²) < 4.78 is 10.5. The summed E-state index contributed by atoms with van der Waals surface area (Å²) in [6.45, 7) is 1.30. The van der Waals surface area contributed by atoms with E-state index in [9.17, 15) is 9.59 Å². The number of piperidine rings is 1. The lowest BCUT2D eigenvalue weighted by Gasteiger charge is -2.31. The molecule has 0 aliphatic carbocycles. The number of rotatable bonds is 5. The number of benzene rings is 2. The molecule has 142 valence electrons. The molecule has 0 bridgehead atoms. The van der Waals surface area contributed by atoms with Crippen LogP contribution >= 0.6 is 0 Å². The van der Waals surface area contributed by atoms with Gasteiger partial charge in [0.2, 0.25) is 0 Å². The van der Waals surface area contributed by atoms with Crippen molar-refractivity contribution in [1.29, 1.82) is 0 Å². The number of nitrogens with one attached hydrogen (secondary N) is 1. The molecule has 27 heavy (non-hydrogen) atoms. The van der Waals surface area contributed by atoms with Crippen LogP contribution in [0.2, 0.25) is 0 Å². The van der Waals surface area contributed by atoms with Crippen LogP contribution in [0.15, 0.2) is 48.5 Å². The number of hydrogen-bond donors (Lipinski definition) is 1. The van der Waals surface area contributed by atoms with Gasteiger partial charge in [-0.25, -0.2) is 0 Å². The molecule has 1 saturated heterocycles. The fourth-order valence-electron chi connectivity index (χ4n) is 3.18. The van der Waals surface area contributed by atoms with Crippen molar-refractivity contribution >= 4 is 17.5 Å². The van der Waals surface area contributed by atoms with E-state index in [2.05, 4.69) is 5.32 Å². The van der Waals surface area contributed by atoms with E-state index < -0.39 is 0 Å². The van der Waals surface area contributed by atoms with E-state index in [0.717, 1.165) is 12.8 Å². The average molecular weight is 368 g/mol. The number of likely N-dealkylation sites (tertiary alicyclic amines) is 1. The molecule has 1 aliphatic rings. The van der Waals surface area contributed by atoms with Gasteiger partial charge in [-0.3, -0.25) is 9.59 Å². The van der Waals surface area contributed by atoms with E-state index >= 15 is 0 Å². The normalized spacial score (nSPS) is 14.7. The largest absolute Gasteiger partial charge is 0.497 e. The number of hydrogen-bond acceptors (Lipinski definition) is 4. The Labute approximate surface area is 159 Å². The smallest absolute Gasteiger partial charge is 0.255 e. The molecule has 0 aromatic heterocycles. The van der Waals surface area contributed by atoms with E-state index in [1.165, 1.54) is 0 Å². The highest BCUT2D eigenvalue weighted by Crippen LogP contribution is 2.22. The van der Waals surface area contributed by atoms with Crippen LogP contribution in [-0.4, -0.2) is 50.1 Å². The SMILES string of the molecule is COc1ccc(C(=O)Nc2ccccc2C(=O)N2CCC(OC)CC2)cc1. The molecule has 2 aromatic carbocycles. The van der Waals surface area contributed by atoms with E-state index in [-0.39, 0.29) is 17.9 Å². The standard InChI is InChI=1S/C21H24N2O4/c1-26-16-9-7-15(8-10-16)20(24)22-19-6-4-3-5-18(19)21(25)23-13-11-17(27-2)12-14-23/h3-10,17H,11-14H2,1-2H3,(H,22,24). The number of methoxy groups -OCH3 is 2. The van der Waals surface area contributed by atoms with Gasteiger partial charge in [0.1, 0.15) is 5.75 Å². The topological polar surface area (TPSA) is 67.9 Å². The predicted octanol–water partition coefficient (Wildman–Crippen LogP) is 3.20. The molecule has 6 heteroatoms. The lowest BCUT2D eigenvalue weighted by atomic mass is 10.1. The van der Waals surface area contributed by atoms with Crippen molar-refractivity contribution in [3.8, 4) is 5.75 Å². The second-order valence-corrected chi connectivity index (χ2v) is 6.46. The molecule has 1 fully saturated rings. The Kier molecular flexibility index (Phi) is 6.08. The van der Waals surface area contributed by atoms with Crippen molar-refractivity contribution in [2.75, 3.05) is 32.6 Å². The number of carbonyl (C=O) groups excluding carboxylic acids is 2. The van der Waals surface area contributed by atoms with Crippen LogP contribution in [0.25, 0.3) is 0 Å². The summed E-state index contributed by atoms with van der Waals surface area (Å²) in [5.74, 6) is 0.341. The fraction of sp³-hybridized carbons (Fsp3) is 0.333. The number of carbonyl (C=O) groups is 2. The first-order chi connectivity index (χ1) is 13.1. The number of amides is 2. The third-order valence-corrected chi connectivity index (χ3v) is 4.82. The van der Waals surface area contributed by atoms with Crippen LogP contribution in [0.3, 0.4) is 0 Å². The number of anilines is 1. The lowest BCUT2D eigenvalue weighted by Crippen LogP contribution is -2.40. The van der Waals surface area contributed by atoms with Gasteiger partial charge in [-0.2, -0.15) is 0 Å². The zero-order chi connectivity index (χ0) is 19.2. The average Bonchev–Trinajstić information content (AvgIpc) is 2.73. The van der Waals surface area contributed by atoms with Crippen LogP contribution in [0.1, 0.15) is 33.6 Å². The summed E-state index contributed by atoms with van der Waals surface area (Å²) in [7, 11) is 3.28. The van der Waals surface area contributed by atoms with Crippen LogP contribution in [0, 0.1) is 0 Å². The van der Waals surface area contributed by atoms with Gasteiger partial charge in [0.25, 0.3) is 11.8 Å². The molecule has 0 radical (unpaired) electrons. The molecule has 0 unspecified atom stereocenters. The van der Waals surface area contributed by atoms with E-state index in [1.54, 1.807) is 62.8 Å². The Balaban J connectivity index is 1.73. The first-order valence-corrected chi connectivity index (χ1v) is 8.99. The van der Waals surface area contributed by atoms with Gasteiger partial charge in [0.05, 0.1) is 24.5 Å². The van der Waals surface area contributed by atoms with Crippen molar-refractivity contribution in [2.45, 2.75) is 18.9 Å². The third-order valence-electron chi connectivity index (χ3n) is 4.82. The minimum absolute atomic E-state index is 0.0739. The molecule has 1 N–H and O–H groups in total. The van der Waals surface area contributed by atoms with Gasteiger partial charge in [0, 0.05) is 25.8 Å². The fourth-order valence-corrected chi connectivity index (χ4v) is 3.18. The molecule has 0 spiro atoms. The minimum atomic E-state index is -0.268. The Bertz CT molecular complexity index is 796. The first-order valence-electron chi connectivity index (χ1n) is 8.99. The maximum absolute atomic E-state index is 12.9. The summed E-state index contributed by atoms with van der Waals surface area (Å²) in [5.41, 5.74) is 1.51. The van der Waals surface area contributed by atoms with Gasteiger partial charge >= 0.3 is 0 Å². The number of nitrogens with zero attached hydrogens (tertiary/aromatic N) is 1. The molecular weight excluding hydrogens is 344 g/mol. The highest BCUT2D eigenvalue weighted by molar-refractivity contribution is 6.09. The van der Waals surface area contributed by atoms with Crippen molar-refractivity contribution in [3.05, 3.63) is 59.7 Å². The molecule has 1 heterocycles. The van der Waals surface area contributed by atoms with Crippen LogP contribution in [0.4, 0.5) is 5.69 Å². The third kappa shape index (κ3) is 4.46. The zero-order valence-electron chi connectivity index (χ0n) is 15.6. The van der Waals surface area contributed by atoms with E-state index in [4.69, 9.17) is 9.47 Å². The van der Waals surface area contributed by atoms with Crippen molar-refractivity contribution in [2.24, 2.45) is 0 Å². The van der Waals surface area contributed by atoms with Crippen molar-refractivity contribution in [3.63, 3.8) is 0 Å². The van der Waals surface area contributed by atoms with Gasteiger partial charge in [-0.1, -0.05) is 12.1 Å². The highest BCUT2D eigenvalue weighted by Gasteiger charge is 2.25. The van der Waals surface area contributed by atoms with E-state index in [1.807, 2.05) is 4.90 Å². The van der Waals surface area contributed by atoms with Gasteiger partial charge in [-0.05, 0) is 49.2 Å². The van der Waals surface area contributed by atoms with E-state index in [0.29, 0.717) is 35.7 Å². The van der Waals surface area contributed by atoms with Crippen LogP contribution in [0.5, 0.6) is 5.75 Å². The summed E-state index contributed by atoms with van der Waals surface area (Å²) in [6.07, 6.45) is 1.85. The summed E-state index contributed by atoms with van der Waals surface area (Å²) >= 11 is 0. The van der Waals surface area contributed by atoms with Crippen LogP contribution in [-0.2, 0) is 4.74 Å². The molecule has 1 aliphatic heterocycles. The molecule has 2 aromatic rings. The number of para-hydroxylation sites is 1. The highest BCUT2D eigenvalue weighted by atomic mass is 16.5. The molecular formula is C21H24N2O4. The molecule has 0 atom stereocenters. The second-order valence-electron chi connectivity index (χ2n) is 6.46.